The van der Waals surface area contributed by atoms with Gasteiger partial charge >= 0.3 is 0 Å². The highest BCUT2D eigenvalue weighted by molar-refractivity contribution is 5.14. The predicted octanol–water partition coefficient (Wildman–Crippen LogP) is 2.78. The Morgan fingerprint density at radius 2 is 2.31 bits per heavy atom. The number of nitrogens with zero attached hydrogens (tertiary/aromatic N) is 1. The summed E-state index contributed by atoms with van der Waals surface area (Å²) in [6.45, 7) is 4.63. The maximum atomic E-state index is 6.60. The van der Waals surface area contributed by atoms with Crippen LogP contribution in [0.15, 0.2) is 24.5 Å². The molecule has 0 aliphatic heterocycles. The molecule has 88 valence electrons. The van der Waals surface area contributed by atoms with E-state index >= 15 is 0 Å². The summed E-state index contributed by atoms with van der Waals surface area (Å²) in [7, 11) is 0. The third-order valence-corrected chi connectivity index (χ3v) is 4.32. The fourth-order valence-electron chi connectivity index (χ4n) is 2.93. The van der Waals surface area contributed by atoms with Gasteiger partial charge in [-0.05, 0) is 36.3 Å². The Balaban J connectivity index is 2.13. The average Bonchev–Trinajstić information content (AvgIpc) is 2.27. The summed E-state index contributed by atoms with van der Waals surface area (Å²) >= 11 is 0. The summed E-state index contributed by atoms with van der Waals surface area (Å²) in [5, 5.41) is 0. The molecular weight excluding hydrogens is 196 g/mol. The number of hydrogen-bond acceptors (Lipinski definition) is 2. The minimum absolute atomic E-state index is 0.0271. The summed E-state index contributed by atoms with van der Waals surface area (Å²) in [6.07, 6.45) is 8.47. The number of aromatic nitrogens is 1. The number of nitrogens with two attached hydrogens (primary N) is 1. The van der Waals surface area contributed by atoms with E-state index in [2.05, 4.69) is 24.9 Å². The second-order valence-corrected chi connectivity index (χ2v) is 5.43. The van der Waals surface area contributed by atoms with Crippen molar-refractivity contribution >= 4 is 0 Å². The van der Waals surface area contributed by atoms with Crippen LogP contribution < -0.4 is 5.73 Å². The Bertz CT molecular complexity index is 336. The Morgan fingerprint density at radius 3 is 3.00 bits per heavy atom. The summed E-state index contributed by atoms with van der Waals surface area (Å²) in [5.74, 6) is 1.34. The van der Waals surface area contributed by atoms with E-state index in [1.165, 1.54) is 18.4 Å². The topological polar surface area (TPSA) is 38.9 Å². The minimum Gasteiger partial charge on any atom is -0.325 e. The fraction of sp³-hybridized carbons (Fsp3) is 0.643. The molecule has 1 aliphatic carbocycles. The predicted molar refractivity (Wildman–Crippen MR) is 67.0 cm³/mol. The Labute approximate surface area is 98.3 Å². The molecule has 1 saturated carbocycles. The quantitative estimate of drug-likeness (QED) is 0.829. The van der Waals surface area contributed by atoms with Gasteiger partial charge in [-0.1, -0.05) is 32.8 Å². The third kappa shape index (κ3) is 2.27. The zero-order chi connectivity index (χ0) is 11.6. The van der Waals surface area contributed by atoms with Crippen molar-refractivity contribution in [1.82, 2.24) is 4.98 Å². The molecule has 1 fully saturated rings. The highest BCUT2D eigenvalue weighted by Crippen LogP contribution is 2.37. The van der Waals surface area contributed by atoms with E-state index in [1.807, 2.05) is 18.5 Å². The van der Waals surface area contributed by atoms with E-state index in [9.17, 15) is 0 Å². The molecule has 2 nitrogen and oxygen atoms in total. The van der Waals surface area contributed by atoms with Crippen molar-refractivity contribution in [2.45, 2.75) is 45.1 Å². The van der Waals surface area contributed by atoms with E-state index < -0.39 is 0 Å². The number of pyridine rings is 1. The molecule has 0 radical (unpaired) electrons. The lowest BCUT2D eigenvalue weighted by molar-refractivity contribution is 0.143. The van der Waals surface area contributed by atoms with Gasteiger partial charge in [0.1, 0.15) is 0 Å². The van der Waals surface area contributed by atoms with Crippen LogP contribution in [0, 0.1) is 11.8 Å². The van der Waals surface area contributed by atoms with Gasteiger partial charge in [-0.2, -0.15) is 0 Å². The zero-order valence-corrected chi connectivity index (χ0v) is 10.3. The molecule has 0 amide bonds. The van der Waals surface area contributed by atoms with Crippen molar-refractivity contribution in [2.75, 3.05) is 0 Å². The molecule has 0 bridgehead atoms. The van der Waals surface area contributed by atoms with Crippen LogP contribution in [0.1, 0.15) is 38.7 Å². The van der Waals surface area contributed by atoms with Crippen LogP contribution in [0.2, 0.25) is 0 Å². The summed E-state index contributed by atoms with van der Waals surface area (Å²) in [6, 6.07) is 4.13. The van der Waals surface area contributed by atoms with Gasteiger partial charge in [-0.25, -0.2) is 0 Å². The molecule has 0 saturated heterocycles. The molecule has 2 N–H and O–H groups in total. The summed E-state index contributed by atoms with van der Waals surface area (Å²) in [5.41, 5.74) is 7.84. The lowest BCUT2D eigenvalue weighted by Crippen LogP contribution is -2.52. The van der Waals surface area contributed by atoms with Gasteiger partial charge < -0.3 is 5.73 Å². The Hall–Kier alpha value is -0.890. The molecule has 2 rings (SSSR count). The van der Waals surface area contributed by atoms with Crippen LogP contribution in [0.4, 0.5) is 0 Å². The highest BCUT2D eigenvalue weighted by atomic mass is 14.8. The van der Waals surface area contributed by atoms with Crippen LogP contribution in [0.5, 0.6) is 0 Å². The van der Waals surface area contributed by atoms with E-state index in [0.717, 1.165) is 18.8 Å². The van der Waals surface area contributed by atoms with Gasteiger partial charge in [-0.3, -0.25) is 4.98 Å². The normalized spacial score (nSPS) is 34.9. The van der Waals surface area contributed by atoms with Crippen molar-refractivity contribution in [2.24, 2.45) is 17.6 Å². The zero-order valence-electron chi connectivity index (χ0n) is 10.3. The average molecular weight is 218 g/mol. The molecule has 0 aromatic carbocycles. The fourth-order valence-corrected chi connectivity index (χ4v) is 2.93. The van der Waals surface area contributed by atoms with Crippen molar-refractivity contribution in [3.8, 4) is 0 Å². The van der Waals surface area contributed by atoms with Gasteiger partial charge in [0.2, 0.25) is 0 Å². The molecule has 1 aliphatic rings. The van der Waals surface area contributed by atoms with Gasteiger partial charge in [0.15, 0.2) is 0 Å². The monoisotopic (exact) mass is 218 g/mol. The second-order valence-electron chi connectivity index (χ2n) is 5.43. The largest absolute Gasteiger partial charge is 0.325 e. The van der Waals surface area contributed by atoms with Crippen LogP contribution in [0.25, 0.3) is 0 Å². The van der Waals surface area contributed by atoms with Gasteiger partial charge in [0, 0.05) is 17.9 Å². The second kappa shape index (κ2) is 4.54. The standard InChI is InChI=1S/C14H22N2/c1-11-5-3-7-14(15,12(11)2)9-13-6-4-8-16-10-13/h4,6,8,10-12H,3,5,7,9,15H2,1-2H3. The van der Waals surface area contributed by atoms with Crippen LogP contribution in [-0.2, 0) is 6.42 Å². The summed E-state index contributed by atoms with van der Waals surface area (Å²) in [4.78, 5) is 4.17. The van der Waals surface area contributed by atoms with Crippen LogP contribution in [0.3, 0.4) is 0 Å². The SMILES string of the molecule is CC1CCCC(N)(Cc2cccnc2)C1C. The van der Waals surface area contributed by atoms with Crippen molar-refractivity contribution in [1.29, 1.82) is 0 Å². The van der Waals surface area contributed by atoms with Gasteiger partial charge in [0.05, 0.1) is 0 Å². The number of hydrogen-bond donors (Lipinski definition) is 1. The molecule has 1 aromatic heterocycles. The molecule has 3 atom stereocenters. The lowest BCUT2D eigenvalue weighted by Gasteiger charge is -2.43. The maximum Gasteiger partial charge on any atom is 0.0300 e. The molecule has 16 heavy (non-hydrogen) atoms. The first-order valence-electron chi connectivity index (χ1n) is 6.29. The van der Waals surface area contributed by atoms with E-state index in [1.54, 1.807) is 0 Å². The lowest BCUT2D eigenvalue weighted by atomic mass is 9.66. The van der Waals surface area contributed by atoms with Crippen LogP contribution >= 0.6 is 0 Å². The van der Waals surface area contributed by atoms with Crippen molar-refractivity contribution < 1.29 is 0 Å². The Kier molecular flexibility index (Phi) is 3.29. The molecular formula is C14H22N2. The first-order chi connectivity index (χ1) is 7.62. The molecule has 2 heteroatoms. The van der Waals surface area contributed by atoms with Gasteiger partial charge in [0.25, 0.3) is 0 Å². The van der Waals surface area contributed by atoms with Crippen LogP contribution in [-0.4, -0.2) is 10.5 Å². The third-order valence-electron chi connectivity index (χ3n) is 4.32. The minimum atomic E-state index is -0.0271. The first kappa shape index (κ1) is 11.6. The molecule has 3 unspecified atom stereocenters. The molecule has 0 spiro atoms. The first-order valence-corrected chi connectivity index (χ1v) is 6.29. The highest BCUT2D eigenvalue weighted by Gasteiger charge is 2.38. The maximum absolute atomic E-state index is 6.60. The molecule has 1 heterocycles. The summed E-state index contributed by atoms with van der Waals surface area (Å²) < 4.78 is 0. The van der Waals surface area contributed by atoms with E-state index in [0.29, 0.717) is 5.92 Å². The van der Waals surface area contributed by atoms with Crippen molar-refractivity contribution in [3.63, 3.8) is 0 Å². The van der Waals surface area contributed by atoms with Gasteiger partial charge in [-0.15, -0.1) is 0 Å². The Morgan fingerprint density at radius 1 is 1.50 bits per heavy atom. The number of rotatable bonds is 2. The van der Waals surface area contributed by atoms with E-state index in [-0.39, 0.29) is 5.54 Å². The molecule has 1 aromatic rings. The van der Waals surface area contributed by atoms with Crippen molar-refractivity contribution in [3.05, 3.63) is 30.1 Å². The smallest absolute Gasteiger partial charge is 0.0300 e. The van der Waals surface area contributed by atoms with E-state index in [4.69, 9.17) is 5.73 Å².